The van der Waals surface area contributed by atoms with Gasteiger partial charge in [-0.1, -0.05) is 103 Å². The van der Waals surface area contributed by atoms with Crippen molar-refractivity contribution in [1.82, 2.24) is 9.80 Å². The van der Waals surface area contributed by atoms with Crippen LogP contribution in [0.15, 0.2) is 115 Å². The molecule has 5 rings (SSSR count). The van der Waals surface area contributed by atoms with Crippen LogP contribution in [-0.4, -0.2) is 75.2 Å². The molecule has 1 saturated heterocycles. The third-order valence-electron chi connectivity index (χ3n) is 8.21. The number of nitrogens with zero attached hydrogens (tertiary/aromatic N) is 2. The molecule has 0 spiro atoms. The van der Waals surface area contributed by atoms with Gasteiger partial charge in [0.25, 0.3) is 5.91 Å². The number of likely N-dealkylation sites (tertiary alicyclic amines) is 1. The largest absolute Gasteiger partial charge is 0.477 e. The van der Waals surface area contributed by atoms with Crippen LogP contribution in [0.2, 0.25) is 0 Å². The van der Waals surface area contributed by atoms with Gasteiger partial charge in [0.05, 0.1) is 18.1 Å². The monoisotopic (exact) mass is 622 g/mol. The average molecular weight is 623 g/mol. The number of ketones is 1. The lowest BCUT2D eigenvalue weighted by molar-refractivity contribution is -0.156. The lowest BCUT2D eigenvalue weighted by Gasteiger charge is -2.50. The van der Waals surface area contributed by atoms with Gasteiger partial charge in [-0.05, 0) is 35.0 Å². The third-order valence-corrected chi connectivity index (χ3v) is 12.5. The van der Waals surface area contributed by atoms with E-state index in [-0.39, 0.29) is 23.5 Å². The minimum absolute atomic E-state index is 0.113. The van der Waals surface area contributed by atoms with Gasteiger partial charge >= 0.3 is 5.97 Å². The second-order valence-corrected chi connectivity index (χ2v) is 14.6. The number of rotatable bonds is 10. The summed E-state index contributed by atoms with van der Waals surface area (Å²) in [6, 6.07) is 33.2. The molecule has 0 aliphatic carbocycles. The molecule has 230 valence electrons. The molecule has 2 amide bonds. The maximum atomic E-state index is 13.9. The van der Waals surface area contributed by atoms with Crippen molar-refractivity contribution in [2.45, 2.75) is 25.5 Å². The number of carbonyl (C=O) groups excluding carboxylic acids is 3. The predicted molar refractivity (Wildman–Crippen MR) is 177 cm³/mol. The van der Waals surface area contributed by atoms with Crippen LogP contribution in [0.1, 0.15) is 34.1 Å². The second-order valence-electron chi connectivity index (χ2n) is 11.3. The number of aliphatic hydroxyl groups is 1. The highest BCUT2D eigenvalue weighted by Crippen LogP contribution is 2.49. The van der Waals surface area contributed by atoms with E-state index in [1.54, 1.807) is 38.4 Å². The van der Waals surface area contributed by atoms with Crippen molar-refractivity contribution in [2.24, 2.45) is 5.92 Å². The molecule has 1 fully saturated rings. The van der Waals surface area contributed by atoms with Gasteiger partial charge in [0, 0.05) is 38.5 Å². The van der Waals surface area contributed by atoms with Crippen molar-refractivity contribution in [2.75, 3.05) is 14.1 Å². The molecule has 3 atom stereocenters. The Bertz CT molecular complexity index is 1670. The van der Waals surface area contributed by atoms with E-state index in [0.717, 1.165) is 15.9 Å². The van der Waals surface area contributed by atoms with Gasteiger partial charge in [-0.15, -0.1) is 0 Å². The Hall–Kier alpha value is -4.78. The van der Waals surface area contributed by atoms with Crippen LogP contribution in [-0.2, 0) is 9.59 Å². The summed E-state index contributed by atoms with van der Waals surface area (Å²) in [5.74, 6) is -3.33. The molecule has 1 aliphatic rings. The summed E-state index contributed by atoms with van der Waals surface area (Å²) in [7, 11) is 3.28. The fourth-order valence-corrected chi connectivity index (χ4v) is 10.5. The molecule has 9 heteroatoms. The maximum Gasteiger partial charge on any atom is 0.353 e. The van der Waals surface area contributed by atoms with E-state index in [1.807, 2.05) is 91.0 Å². The fourth-order valence-electron chi connectivity index (χ4n) is 6.12. The molecular weight excluding hydrogens is 587 g/mol. The van der Waals surface area contributed by atoms with Gasteiger partial charge < -0.3 is 20.0 Å². The number of carbonyl (C=O) groups is 4. The van der Waals surface area contributed by atoms with Crippen molar-refractivity contribution in [3.63, 3.8) is 0 Å². The predicted octanol–water partition coefficient (Wildman–Crippen LogP) is 3.38. The van der Waals surface area contributed by atoms with Crippen molar-refractivity contribution >= 4 is 51.8 Å². The Labute approximate surface area is 262 Å². The van der Waals surface area contributed by atoms with Gasteiger partial charge in [-0.25, -0.2) is 4.79 Å². The molecule has 4 aromatic rings. The molecule has 0 radical (unpaired) electrons. The Kier molecular flexibility index (Phi) is 9.19. The molecule has 1 heterocycles. The van der Waals surface area contributed by atoms with Gasteiger partial charge in [-0.3, -0.25) is 14.4 Å². The first-order valence-electron chi connectivity index (χ1n) is 14.6. The highest BCUT2D eigenvalue weighted by Gasteiger charge is 2.55. The first kappa shape index (κ1) is 31.6. The molecule has 0 aromatic heterocycles. The number of carboxylic acids is 1. The number of hydrogen-bond donors (Lipinski definition) is 2. The number of benzene rings is 4. The molecule has 8 nitrogen and oxygen atoms in total. The molecule has 0 unspecified atom stereocenters. The van der Waals surface area contributed by atoms with Gasteiger partial charge in [-0.2, -0.15) is 0 Å². The highest BCUT2D eigenvalue weighted by molar-refractivity contribution is 7.96. The lowest BCUT2D eigenvalue weighted by atomic mass is 9.79. The number of aliphatic hydroxyl groups excluding tert-OH is 1. The minimum Gasteiger partial charge on any atom is -0.477 e. The van der Waals surface area contributed by atoms with E-state index in [0.29, 0.717) is 11.1 Å². The zero-order valence-corrected chi connectivity index (χ0v) is 26.2. The van der Waals surface area contributed by atoms with Crippen molar-refractivity contribution in [1.29, 1.82) is 0 Å². The third kappa shape index (κ3) is 5.75. The molecule has 45 heavy (non-hydrogen) atoms. The SMILES string of the molecule is C[C@@H](O)[C@H]1C(=O)N(C(C(=O)O)=P(c2ccccc2)(c2ccccc2)c2ccccc2)[C@@H]1CC(=O)c1ccc(C(=O)N(C)C)cc1. The van der Waals surface area contributed by atoms with Crippen LogP contribution in [0, 0.1) is 5.92 Å². The van der Waals surface area contributed by atoms with E-state index >= 15 is 0 Å². The zero-order valence-electron chi connectivity index (χ0n) is 25.3. The maximum absolute atomic E-state index is 13.9. The normalized spacial score (nSPS) is 16.8. The average Bonchev–Trinajstić information content (AvgIpc) is 3.05. The number of carboxylic acid groups (broad SMARTS) is 1. The Balaban J connectivity index is 1.73. The molecule has 0 bridgehead atoms. The Morgan fingerprint density at radius 1 is 0.756 bits per heavy atom. The number of hydrogen-bond acceptors (Lipinski definition) is 5. The Morgan fingerprint density at radius 2 is 1.18 bits per heavy atom. The molecule has 1 aliphatic heterocycles. The summed E-state index contributed by atoms with van der Waals surface area (Å²) < 4.78 is 0. The summed E-state index contributed by atoms with van der Waals surface area (Å²) in [5.41, 5.74) is 0.627. The number of amides is 2. The highest BCUT2D eigenvalue weighted by atomic mass is 31.2. The van der Waals surface area contributed by atoms with Crippen LogP contribution in [0.4, 0.5) is 0 Å². The van der Waals surface area contributed by atoms with Crippen LogP contribution in [0.25, 0.3) is 0 Å². The quantitative estimate of drug-likeness (QED) is 0.159. The summed E-state index contributed by atoms with van der Waals surface area (Å²) in [6.45, 7) is -1.75. The van der Waals surface area contributed by atoms with Crippen LogP contribution < -0.4 is 15.9 Å². The smallest absolute Gasteiger partial charge is 0.353 e. The van der Waals surface area contributed by atoms with Crippen molar-refractivity contribution in [3.05, 3.63) is 126 Å². The van der Waals surface area contributed by atoms with E-state index in [4.69, 9.17) is 0 Å². The van der Waals surface area contributed by atoms with Crippen LogP contribution >= 0.6 is 6.89 Å². The standard InChI is InChI=1S/C36H35N2O6P/c1-24(39)32-30(23-31(40)25-19-21-26(22-20-25)33(41)37(2)3)38(34(32)42)35(36(43)44)45(27-13-7-4-8-14-27,28-15-9-5-10-16-28)29-17-11-6-12-18-29/h4-22,24,30,32,39H,23H2,1-3H3,(H,43,44)/t24-,30-,32-/m1/s1. The number of β-lactam (4-membered cyclic amide) rings is 1. The van der Waals surface area contributed by atoms with Crippen LogP contribution in [0.3, 0.4) is 0 Å². The summed E-state index contributed by atoms with van der Waals surface area (Å²) in [6.07, 6.45) is -1.32. The second kappa shape index (κ2) is 13.1. The lowest BCUT2D eigenvalue weighted by Crippen LogP contribution is -2.68. The zero-order chi connectivity index (χ0) is 32.3. The summed E-state index contributed by atoms with van der Waals surface area (Å²) >= 11 is 0. The molecule has 2 N–H and O–H groups in total. The number of aliphatic carboxylic acids is 1. The van der Waals surface area contributed by atoms with Gasteiger partial charge in [0.2, 0.25) is 5.91 Å². The topological polar surface area (TPSA) is 115 Å². The summed E-state index contributed by atoms with van der Waals surface area (Å²) in [4.78, 5) is 56.3. The van der Waals surface area contributed by atoms with Crippen LogP contribution in [0.5, 0.6) is 0 Å². The first-order valence-corrected chi connectivity index (χ1v) is 16.4. The fraction of sp³-hybridized carbons (Fsp3) is 0.194. The minimum atomic E-state index is -3.23. The summed E-state index contributed by atoms with van der Waals surface area (Å²) in [5, 5.41) is 24.0. The van der Waals surface area contributed by atoms with Gasteiger partial charge in [0.15, 0.2) is 5.78 Å². The molecular formula is C36H35N2O6P. The number of Topliss-reactive ketones (excluding diaryl/α,β-unsaturated/α-hetero) is 1. The Morgan fingerprint density at radius 3 is 1.56 bits per heavy atom. The van der Waals surface area contributed by atoms with Gasteiger partial charge in [0.1, 0.15) is 5.42 Å². The first-order chi connectivity index (χ1) is 21.6. The molecule has 0 saturated carbocycles. The molecule has 4 aromatic carbocycles. The van der Waals surface area contributed by atoms with E-state index in [2.05, 4.69) is 0 Å². The van der Waals surface area contributed by atoms with Crippen molar-refractivity contribution < 1.29 is 29.4 Å². The van der Waals surface area contributed by atoms with E-state index in [9.17, 15) is 29.4 Å². The van der Waals surface area contributed by atoms with Crippen molar-refractivity contribution in [3.8, 4) is 0 Å². The van der Waals surface area contributed by atoms with E-state index < -0.39 is 36.8 Å². The van der Waals surface area contributed by atoms with E-state index in [1.165, 1.54) is 16.7 Å².